The molecule has 0 aliphatic carbocycles. The number of hydrogen-bond acceptors (Lipinski definition) is 4. The van der Waals surface area contributed by atoms with E-state index >= 15 is 0 Å². The molecule has 122 valence electrons. The van der Waals surface area contributed by atoms with Crippen LogP contribution in [0.3, 0.4) is 0 Å². The normalized spacial score (nSPS) is 19.1. The summed E-state index contributed by atoms with van der Waals surface area (Å²) in [5, 5.41) is 4.19. The van der Waals surface area contributed by atoms with E-state index in [0.717, 1.165) is 11.4 Å². The molecular formula is C16H19N3O3S. The van der Waals surface area contributed by atoms with Gasteiger partial charge in [0.25, 0.3) is 5.91 Å². The van der Waals surface area contributed by atoms with Gasteiger partial charge in [-0.3, -0.25) is 4.79 Å². The molecule has 2 aromatic rings. The maximum Gasteiger partial charge on any atom is 0.265 e. The molecular weight excluding hydrogens is 314 g/mol. The number of sulfonamides is 1. The highest BCUT2D eigenvalue weighted by atomic mass is 32.2. The fourth-order valence-electron chi connectivity index (χ4n) is 3.00. The predicted octanol–water partition coefficient (Wildman–Crippen LogP) is 1.99. The minimum Gasteiger partial charge on any atom is -0.271 e. The average Bonchev–Trinajstić information content (AvgIpc) is 3.14. The Morgan fingerprint density at radius 3 is 2.52 bits per heavy atom. The first kappa shape index (κ1) is 15.9. The van der Waals surface area contributed by atoms with Crippen LogP contribution in [0.25, 0.3) is 0 Å². The lowest BCUT2D eigenvalue weighted by Gasteiger charge is -2.23. The van der Waals surface area contributed by atoms with Crippen LogP contribution in [0.1, 0.15) is 29.0 Å². The molecule has 0 N–H and O–H groups in total. The quantitative estimate of drug-likeness (QED) is 0.861. The molecule has 1 aliphatic rings. The summed E-state index contributed by atoms with van der Waals surface area (Å²) in [6.45, 7) is 3.96. The van der Waals surface area contributed by atoms with E-state index in [1.54, 1.807) is 37.3 Å². The van der Waals surface area contributed by atoms with Crippen molar-refractivity contribution in [2.45, 2.75) is 37.6 Å². The molecule has 1 fully saturated rings. The molecule has 1 aromatic carbocycles. The van der Waals surface area contributed by atoms with E-state index in [9.17, 15) is 13.2 Å². The Morgan fingerprint density at radius 2 is 1.91 bits per heavy atom. The maximum absolute atomic E-state index is 12.8. The lowest BCUT2D eigenvalue weighted by molar-refractivity contribution is 0.0813. The lowest BCUT2D eigenvalue weighted by Crippen LogP contribution is -2.43. The van der Waals surface area contributed by atoms with E-state index in [1.165, 1.54) is 8.99 Å². The molecule has 7 heteroatoms. The van der Waals surface area contributed by atoms with Gasteiger partial charge in [0.15, 0.2) is 0 Å². The fourth-order valence-corrected chi connectivity index (χ4v) is 4.67. The fraction of sp³-hybridized carbons (Fsp3) is 0.375. The third-order valence-electron chi connectivity index (χ3n) is 4.06. The summed E-state index contributed by atoms with van der Waals surface area (Å²) in [7, 11) is -3.68. The van der Waals surface area contributed by atoms with Gasteiger partial charge in [-0.2, -0.15) is 9.40 Å². The van der Waals surface area contributed by atoms with E-state index in [0.29, 0.717) is 19.4 Å². The van der Waals surface area contributed by atoms with Crippen molar-refractivity contribution in [3.8, 4) is 0 Å². The zero-order chi connectivity index (χ0) is 16.6. The van der Waals surface area contributed by atoms with Crippen LogP contribution in [0.15, 0.2) is 41.3 Å². The SMILES string of the molecule is Cc1cc(C)n(C(=O)C2CCCN2S(=O)(=O)c2ccccc2)n1. The molecule has 1 aromatic heterocycles. The molecule has 0 spiro atoms. The van der Waals surface area contributed by atoms with Crippen molar-refractivity contribution in [1.82, 2.24) is 14.1 Å². The van der Waals surface area contributed by atoms with Gasteiger partial charge in [-0.05, 0) is 44.9 Å². The highest BCUT2D eigenvalue weighted by molar-refractivity contribution is 7.89. The molecule has 6 nitrogen and oxygen atoms in total. The van der Waals surface area contributed by atoms with Gasteiger partial charge in [-0.1, -0.05) is 18.2 Å². The zero-order valence-corrected chi connectivity index (χ0v) is 14.0. The van der Waals surface area contributed by atoms with Crippen LogP contribution in [-0.2, 0) is 10.0 Å². The molecule has 2 heterocycles. The Morgan fingerprint density at radius 1 is 1.22 bits per heavy atom. The van der Waals surface area contributed by atoms with Gasteiger partial charge >= 0.3 is 0 Å². The molecule has 1 aliphatic heterocycles. The standard InChI is InChI=1S/C16H19N3O3S/c1-12-11-13(2)19(17-12)16(20)15-9-6-10-18(15)23(21,22)14-7-4-3-5-8-14/h3-5,7-8,11,15H,6,9-10H2,1-2H3. The van der Waals surface area contributed by atoms with E-state index < -0.39 is 16.1 Å². The second kappa shape index (κ2) is 5.90. The highest BCUT2D eigenvalue weighted by Crippen LogP contribution is 2.27. The molecule has 23 heavy (non-hydrogen) atoms. The van der Waals surface area contributed by atoms with E-state index in [4.69, 9.17) is 0 Å². The summed E-state index contributed by atoms with van der Waals surface area (Å²) in [5.74, 6) is -0.285. The Labute approximate surface area is 135 Å². The molecule has 0 amide bonds. The van der Waals surface area contributed by atoms with Crippen molar-refractivity contribution >= 4 is 15.9 Å². The van der Waals surface area contributed by atoms with Crippen LogP contribution in [0.2, 0.25) is 0 Å². The number of aromatic nitrogens is 2. The van der Waals surface area contributed by atoms with Crippen molar-refractivity contribution < 1.29 is 13.2 Å². The van der Waals surface area contributed by atoms with Crippen LogP contribution in [0, 0.1) is 13.8 Å². The lowest BCUT2D eigenvalue weighted by atomic mass is 10.2. The highest BCUT2D eigenvalue weighted by Gasteiger charge is 2.40. The smallest absolute Gasteiger partial charge is 0.265 e. The van der Waals surface area contributed by atoms with E-state index in [1.807, 2.05) is 13.0 Å². The first-order chi connectivity index (χ1) is 10.9. The largest absolute Gasteiger partial charge is 0.271 e. The Kier molecular flexibility index (Phi) is 4.08. The molecule has 0 saturated carbocycles. The number of rotatable bonds is 3. The van der Waals surface area contributed by atoms with Crippen LogP contribution < -0.4 is 0 Å². The van der Waals surface area contributed by atoms with E-state index in [-0.39, 0.29) is 10.8 Å². The molecule has 1 unspecified atom stereocenters. The summed E-state index contributed by atoms with van der Waals surface area (Å²) in [6, 6.07) is 9.35. The van der Waals surface area contributed by atoms with E-state index in [2.05, 4.69) is 5.10 Å². The van der Waals surface area contributed by atoms with Crippen molar-refractivity contribution in [3.63, 3.8) is 0 Å². The second-order valence-electron chi connectivity index (χ2n) is 5.76. The summed E-state index contributed by atoms with van der Waals surface area (Å²) in [6.07, 6.45) is 1.19. The third kappa shape index (κ3) is 2.82. The van der Waals surface area contributed by atoms with Crippen molar-refractivity contribution in [1.29, 1.82) is 0 Å². The minimum absolute atomic E-state index is 0.216. The van der Waals surface area contributed by atoms with Crippen LogP contribution >= 0.6 is 0 Å². The topological polar surface area (TPSA) is 72.3 Å². The van der Waals surface area contributed by atoms with Gasteiger partial charge in [0.2, 0.25) is 10.0 Å². The molecule has 1 atom stereocenters. The van der Waals surface area contributed by atoms with Crippen LogP contribution in [0.5, 0.6) is 0 Å². The first-order valence-corrected chi connectivity index (χ1v) is 8.99. The Balaban J connectivity index is 1.95. The number of nitrogens with zero attached hydrogens (tertiary/aromatic N) is 3. The van der Waals surface area contributed by atoms with Crippen molar-refractivity contribution in [2.75, 3.05) is 6.54 Å². The molecule has 3 rings (SSSR count). The second-order valence-corrected chi connectivity index (χ2v) is 7.65. The van der Waals surface area contributed by atoms with Crippen molar-refractivity contribution in [3.05, 3.63) is 47.8 Å². The van der Waals surface area contributed by atoms with Gasteiger partial charge in [0, 0.05) is 12.2 Å². The van der Waals surface area contributed by atoms with Gasteiger partial charge in [-0.15, -0.1) is 0 Å². The molecule has 0 radical (unpaired) electrons. The average molecular weight is 333 g/mol. The number of hydrogen-bond donors (Lipinski definition) is 0. The third-order valence-corrected chi connectivity index (χ3v) is 5.98. The van der Waals surface area contributed by atoms with Crippen LogP contribution in [-0.4, -0.2) is 41.0 Å². The molecule has 0 bridgehead atoms. The first-order valence-electron chi connectivity index (χ1n) is 7.55. The van der Waals surface area contributed by atoms with Crippen molar-refractivity contribution in [2.24, 2.45) is 0 Å². The monoisotopic (exact) mass is 333 g/mol. The number of carbonyl (C=O) groups is 1. The van der Waals surface area contributed by atoms with Gasteiger partial charge < -0.3 is 0 Å². The van der Waals surface area contributed by atoms with Gasteiger partial charge in [0.05, 0.1) is 10.6 Å². The maximum atomic E-state index is 12.8. The number of carbonyl (C=O) groups excluding carboxylic acids is 1. The van der Waals surface area contributed by atoms with Gasteiger partial charge in [0.1, 0.15) is 6.04 Å². The summed E-state index contributed by atoms with van der Waals surface area (Å²) < 4.78 is 28.3. The zero-order valence-electron chi connectivity index (χ0n) is 13.1. The predicted molar refractivity (Wildman–Crippen MR) is 85.7 cm³/mol. The van der Waals surface area contributed by atoms with Crippen LogP contribution in [0.4, 0.5) is 0 Å². The summed E-state index contributed by atoms with van der Waals surface area (Å²) >= 11 is 0. The summed E-state index contributed by atoms with van der Waals surface area (Å²) in [5.41, 5.74) is 1.46. The molecule has 1 saturated heterocycles. The van der Waals surface area contributed by atoms with Gasteiger partial charge in [-0.25, -0.2) is 13.1 Å². The Bertz CT molecular complexity index is 828. The summed E-state index contributed by atoms with van der Waals surface area (Å²) in [4.78, 5) is 13.0. The number of benzene rings is 1. The minimum atomic E-state index is -3.68. The number of aryl methyl sites for hydroxylation is 2. The Hall–Kier alpha value is -1.99.